The number of Topliss-reactive ketones (excluding diaryl/α,β-unsaturated/α-hetero) is 1. The van der Waals surface area contributed by atoms with Crippen molar-refractivity contribution in [3.8, 4) is 11.6 Å². The minimum atomic E-state index is -1.27. The smallest absolute Gasteiger partial charge is 0.360 e. The number of unbranched alkanes of at least 4 members (excludes halogenated alkanes) is 2. The molecule has 0 spiro atoms. The molecule has 54 heavy (non-hydrogen) atoms. The van der Waals surface area contributed by atoms with E-state index in [1.165, 1.54) is 22.6 Å². The number of hydrogen-bond acceptors (Lipinski definition) is 16. The maximum Gasteiger partial charge on any atom is 0.360 e. The largest absolute Gasteiger partial charge is 0.461 e. The van der Waals surface area contributed by atoms with Crippen molar-refractivity contribution in [1.29, 1.82) is 0 Å². The van der Waals surface area contributed by atoms with Crippen molar-refractivity contribution in [2.45, 2.75) is 86.2 Å². The Hall–Kier alpha value is -6.18. The Balaban J connectivity index is 1.56. The Morgan fingerprint density at radius 3 is 1.70 bits per heavy atom. The summed E-state index contributed by atoms with van der Waals surface area (Å²) in [6.45, 7) is 10.8. The topological polar surface area (TPSA) is 262 Å². The van der Waals surface area contributed by atoms with E-state index in [9.17, 15) is 14.7 Å². The molecule has 5 rings (SSSR count). The van der Waals surface area contributed by atoms with Crippen molar-refractivity contribution in [2.24, 2.45) is 34.6 Å². The number of carbonyl (C=O) groups is 2. The van der Waals surface area contributed by atoms with E-state index < -0.39 is 17.9 Å². The lowest BCUT2D eigenvalue weighted by Crippen LogP contribution is -2.16. The van der Waals surface area contributed by atoms with Gasteiger partial charge < -0.3 is 30.4 Å². The molecule has 0 bridgehead atoms. The first-order valence-corrected chi connectivity index (χ1v) is 17.7. The zero-order valence-electron chi connectivity index (χ0n) is 31.8. The van der Waals surface area contributed by atoms with E-state index >= 15 is 0 Å². The molecule has 5 N–H and O–H groups in total. The summed E-state index contributed by atoms with van der Waals surface area (Å²) in [7, 11) is 3.43. The number of aliphatic hydroxyl groups excluding tert-OH is 1. The Kier molecular flexibility index (Phi) is 12.0. The Labute approximate surface area is 311 Å². The predicted octanol–water partition coefficient (Wildman–Crippen LogP) is 5.35. The van der Waals surface area contributed by atoms with Crippen LogP contribution < -0.4 is 11.5 Å². The highest BCUT2D eigenvalue weighted by atomic mass is 16.5. The number of rotatable bonds is 16. The lowest BCUT2D eigenvalue weighted by Gasteiger charge is -2.06. The molecule has 286 valence electrons. The van der Waals surface area contributed by atoms with Crippen LogP contribution >= 0.6 is 0 Å². The number of hydrogen-bond donors (Lipinski definition) is 3. The van der Waals surface area contributed by atoms with Crippen LogP contribution in [0.4, 0.5) is 34.6 Å². The summed E-state index contributed by atoms with van der Waals surface area (Å²) in [5.41, 5.74) is 15.1. The van der Waals surface area contributed by atoms with Crippen LogP contribution in [-0.4, -0.2) is 78.2 Å². The van der Waals surface area contributed by atoms with Crippen molar-refractivity contribution in [3.05, 3.63) is 46.8 Å². The summed E-state index contributed by atoms with van der Waals surface area (Å²) in [6.07, 6.45) is 4.55. The van der Waals surface area contributed by atoms with E-state index in [2.05, 4.69) is 54.2 Å². The van der Waals surface area contributed by atoms with Crippen LogP contribution in [0.1, 0.15) is 97.4 Å². The van der Waals surface area contributed by atoms with Gasteiger partial charge in [-0.3, -0.25) is 4.79 Å². The predicted molar refractivity (Wildman–Crippen MR) is 199 cm³/mol. The second-order valence-electron chi connectivity index (χ2n) is 12.6. The average Bonchev–Trinajstić information content (AvgIpc) is 3.83. The fourth-order valence-electron chi connectivity index (χ4n) is 5.42. The maximum absolute atomic E-state index is 12.7. The van der Waals surface area contributed by atoms with E-state index in [0.29, 0.717) is 58.9 Å². The standard InChI is InChI=1S/C34H46N16O4/c1-9-12-14-21-25(41-43-32-27(29(52)18(4)51)39-19(5)47(32)7)30(35)49(45-21)23-16-24(38-17-37-23)50-31(36)26(22(46-50)15-13-10-2)42-44-33-28(34(53)54-11-3)40-20(6)48(33)8/h16-18,51H,9-15,35-36H2,1-8H3. The third kappa shape index (κ3) is 7.77. The van der Waals surface area contributed by atoms with Crippen molar-refractivity contribution < 1.29 is 19.4 Å². The highest BCUT2D eigenvalue weighted by Gasteiger charge is 2.25. The number of azo groups is 2. The maximum atomic E-state index is 12.7. The summed E-state index contributed by atoms with van der Waals surface area (Å²) < 4.78 is 11.3. The zero-order chi connectivity index (χ0) is 39.3. The van der Waals surface area contributed by atoms with Gasteiger partial charge in [0.15, 0.2) is 57.7 Å². The number of anilines is 2. The van der Waals surface area contributed by atoms with Crippen LogP contribution in [0.2, 0.25) is 0 Å². The molecule has 0 saturated heterocycles. The Morgan fingerprint density at radius 1 is 0.796 bits per heavy atom. The van der Waals surface area contributed by atoms with Crippen LogP contribution in [0.25, 0.3) is 11.6 Å². The first kappa shape index (κ1) is 39.0. The number of nitrogens with zero attached hydrogens (tertiary/aromatic N) is 14. The van der Waals surface area contributed by atoms with Gasteiger partial charge >= 0.3 is 5.97 Å². The molecule has 1 unspecified atom stereocenters. The highest BCUT2D eigenvalue weighted by molar-refractivity contribution is 6.01. The molecule has 0 amide bonds. The molecular weight excluding hydrogens is 696 g/mol. The third-order valence-electron chi connectivity index (χ3n) is 8.68. The Morgan fingerprint density at radius 2 is 1.26 bits per heavy atom. The molecule has 20 heteroatoms. The second-order valence-corrected chi connectivity index (χ2v) is 12.6. The van der Waals surface area contributed by atoms with Crippen LogP contribution in [0, 0.1) is 13.8 Å². The number of aryl methyl sites for hydroxylation is 4. The van der Waals surface area contributed by atoms with Crippen LogP contribution in [-0.2, 0) is 31.7 Å². The molecule has 5 heterocycles. The number of carbonyl (C=O) groups excluding carboxylic acids is 2. The number of nitrogen functional groups attached to an aromatic ring is 2. The zero-order valence-corrected chi connectivity index (χ0v) is 31.8. The Bertz CT molecular complexity index is 2220. The fourth-order valence-corrected chi connectivity index (χ4v) is 5.42. The number of esters is 1. The first-order chi connectivity index (χ1) is 25.8. The quantitative estimate of drug-likeness (QED) is 0.0656. The summed E-state index contributed by atoms with van der Waals surface area (Å²) in [4.78, 5) is 42.8. The number of ketones is 1. The van der Waals surface area contributed by atoms with Gasteiger partial charge in [-0.05, 0) is 53.4 Å². The number of ether oxygens (including phenoxy) is 1. The summed E-state index contributed by atoms with van der Waals surface area (Å²) >= 11 is 0. The summed E-state index contributed by atoms with van der Waals surface area (Å²) in [5.74, 6) is 1.19. The molecule has 1 atom stereocenters. The molecule has 0 aliphatic heterocycles. The third-order valence-corrected chi connectivity index (χ3v) is 8.68. The molecule has 5 aromatic rings. The molecule has 0 radical (unpaired) electrons. The average molecular weight is 743 g/mol. The highest BCUT2D eigenvalue weighted by Crippen LogP contribution is 2.35. The second kappa shape index (κ2) is 16.7. The van der Waals surface area contributed by atoms with Crippen molar-refractivity contribution in [2.75, 3.05) is 18.1 Å². The van der Waals surface area contributed by atoms with Gasteiger partial charge in [0.2, 0.25) is 5.78 Å². The van der Waals surface area contributed by atoms with E-state index in [1.807, 2.05) is 0 Å². The van der Waals surface area contributed by atoms with Gasteiger partial charge in [-0.25, -0.2) is 24.7 Å². The van der Waals surface area contributed by atoms with Gasteiger partial charge in [0.1, 0.15) is 24.1 Å². The number of imidazole rings is 2. The van der Waals surface area contributed by atoms with E-state index in [0.717, 1.165) is 25.7 Å². The molecule has 0 aliphatic rings. The minimum absolute atomic E-state index is 0.000779. The van der Waals surface area contributed by atoms with Crippen LogP contribution in [0.15, 0.2) is 32.9 Å². The number of nitrogens with two attached hydrogens (primary N) is 2. The lowest BCUT2D eigenvalue weighted by molar-refractivity contribution is 0.0520. The minimum Gasteiger partial charge on any atom is -0.461 e. The molecule has 0 fully saturated rings. The van der Waals surface area contributed by atoms with Crippen molar-refractivity contribution in [3.63, 3.8) is 0 Å². The van der Waals surface area contributed by atoms with Gasteiger partial charge in [-0.2, -0.15) is 19.6 Å². The molecule has 20 nitrogen and oxygen atoms in total. The van der Waals surface area contributed by atoms with Gasteiger partial charge in [0, 0.05) is 20.2 Å². The number of aliphatic hydroxyl groups is 1. The van der Waals surface area contributed by atoms with Gasteiger partial charge in [-0.1, -0.05) is 26.7 Å². The molecule has 0 aliphatic carbocycles. The SMILES string of the molecule is CCCCc1nn(-c2cc(-n3nc(CCCC)c(N=Nc4c(C(=O)C(C)O)nc(C)n4C)c3N)ncn2)c(N)c1N=Nc1c(C(=O)OCC)nc(C)n1C. The van der Waals surface area contributed by atoms with Crippen LogP contribution in [0.3, 0.4) is 0 Å². The first-order valence-electron chi connectivity index (χ1n) is 17.7. The van der Waals surface area contributed by atoms with E-state index in [4.69, 9.17) is 26.4 Å². The van der Waals surface area contributed by atoms with Crippen LogP contribution in [0.5, 0.6) is 0 Å². The molecular formula is C34H46N16O4. The molecule has 0 saturated carbocycles. The molecule has 0 aromatic carbocycles. The van der Waals surface area contributed by atoms with Gasteiger partial charge in [0.05, 0.1) is 18.0 Å². The normalized spacial score (nSPS) is 12.4. The monoisotopic (exact) mass is 742 g/mol. The van der Waals surface area contributed by atoms with Crippen molar-refractivity contribution >= 4 is 46.4 Å². The van der Waals surface area contributed by atoms with E-state index in [-0.39, 0.29) is 41.3 Å². The molecule has 5 aromatic heterocycles. The fraction of sp³-hybridized carbons (Fsp3) is 0.471. The summed E-state index contributed by atoms with van der Waals surface area (Å²) in [6, 6.07) is 1.62. The lowest BCUT2D eigenvalue weighted by atomic mass is 10.2. The van der Waals surface area contributed by atoms with E-state index in [1.54, 1.807) is 50.1 Å². The summed E-state index contributed by atoms with van der Waals surface area (Å²) in [5, 5.41) is 37.1. The van der Waals surface area contributed by atoms with Gasteiger partial charge in [-0.15, -0.1) is 20.5 Å². The number of aromatic nitrogens is 10. The van der Waals surface area contributed by atoms with Gasteiger partial charge in [0.25, 0.3) is 0 Å². The van der Waals surface area contributed by atoms with Crippen molar-refractivity contribution in [1.82, 2.24) is 48.6 Å².